The molecule has 0 unspecified atom stereocenters. The predicted molar refractivity (Wildman–Crippen MR) is 125 cm³/mol. The lowest BCUT2D eigenvalue weighted by Gasteiger charge is -2.36. The van der Waals surface area contributed by atoms with E-state index in [1.165, 1.54) is 5.56 Å². The average molecular weight is 442 g/mol. The molecule has 2 N–H and O–H groups in total. The summed E-state index contributed by atoms with van der Waals surface area (Å²) in [5.74, 6) is 0.803. The number of halogens is 1. The molecule has 0 aliphatic rings. The maximum atomic E-state index is 9.06. The van der Waals surface area contributed by atoms with E-state index in [-0.39, 0.29) is 5.41 Å². The number of amidine groups is 2. The van der Waals surface area contributed by atoms with Gasteiger partial charge in [-0.15, -0.1) is 0 Å². The first-order valence-corrected chi connectivity index (χ1v) is 10.7. The van der Waals surface area contributed by atoms with Crippen LogP contribution < -0.4 is 4.90 Å². The lowest BCUT2D eigenvalue weighted by Crippen LogP contribution is -2.45. The van der Waals surface area contributed by atoms with Gasteiger partial charge in [-0.2, -0.15) is 0 Å². The highest BCUT2D eigenvalue weighted by atomic mass is 79.9. The van der Waals surface area contributed by atoms with Crippen molar-refractivity contribution in [3.05, 3.63) is 63.1 Å². The Morgan fingerprint density at radius 1 is 1.00 bits per heavy atom. The third-order valence-corrected chi connectivity index (χ3v) is 6.14. The molecule has 0 bridgehead atoms. The second-order valence-corrected chi connectivity index (χ2v) is 9.13. The number of benzene rings is 2. The zero-order valence-corrected chi connectivity index (χ0v) is 19.5. The van der Waals surface area contributed by atoms with E-state index in [0.717, 1.165) is 46.1 Å². The molecule has 0 aliphatic carbocycles. The highest BCUT2D eigenvalue weighted by Gasteiger charge is 2.32. The molecule has 4 heteroatoms. The van der Waals surface area contributed by atoms with E-state index >= 15 is 0 Å². The minimum atomic E-state index is -0.318. The van der Waals surface area contributed by atoms with Gasteiger partial charge in [-0.05, 0) is 50.5 Å². The van der Waals surface area contributed by atoms with Crippen LogP contribution in [0.2, 0.25) is 0 Å². The second-order valence-electron chi connectivity index (χ2n) is 8.27. The number of hydrogen-bond donors (Lipinski definition) is 2. The first-order chi connectivity index (χ1) is 13.1. The molecule has 2 aromatic rings. The molecule has 0 fully saturated rings. The number of aryl methyl sites for hydroxylation is 3. The Labute approximate surface area is 178 Å². The highest BCUT2D eigenvalue weighted by molar-refractivity contribution is 9.10. The summed E-state index contributed by atoms with van der Waals surface area (Å²) in [6.45, 7) is 12.6. The van der Waals surface area contributed by atoms with Crippen molar-refractivity contribution in [1.29, 1.82) is 10.8 Å². The molecular weight excluding hydrogens is 410 g/mol. The van der Waals surface area contributed by atoms with Gasteiger partial charge in [-0.1, -0.05) is 79.4 Å². The molecule has 0 saturated heterocycles. The topological polar surface area (TPSA) is 50.9 Å². The molecule has 0 atom stereocenters. The maximum absolute atomic E-state index is 9.06. The molecule has 2 aromatic carbocycles. The fraction of sp³-hybridized carbons (Fsp3) is 0.417. The number of rotatable bonds is 6. The standard InChI is InChI=1S/C24H32BrN3/c1-7-8-13-24(5,6)23(27)28(21-12-9-16(2)14-18(21)4)22(26)19-11-10-17(3)20(25)15-19/h9-12,14-15,26-27H,7-8,13H2,1-6H3. The van der Waals surface area contributed by atoms with Crippen LogP contribution in [0.4, 0.5) is 5.69 Å². The Hall–Kier alpha value is -1.94. The minimum Gasteiger partial charge on any atom is -0.287 e. The van der Waals surface area contributed by atoms with Gasteiger partial charge in [0.15, 0.2) is 0 Å². The SMILES string of the molecule is CCCCC(C)(C)C(=N)N(C(=N)c1ccc(C)c(Br)c1)c1ccc(C)cc1C. The summed E-state index contributed by atoms with van der Waals surface area (Å²) >= 11 is 3.59. The van der Waals surface area contributed by atoms with Crippen molar-refractivity contribution < 1.29 is 0 Å². The van der Waals surface area contributed by atoms with Crippen LogP contribution in [0.3, 0.4) is 0 Å². The van der Waals surface area contributed by atoms with Crippen molar-refractivity contribution in [2.45, 2.75) is 60.8 Å². The number of nitrogens with one attached hydrogen (secondary N) is 2. The summed E-state index contributed by atoms with van der Waals surface area (Å²) in [6.07, 6.45) is 3.09. The molecule has 150 valence electrons. The summed E-state index contributed by atoms with van der Waals surface area (Å²) in [5.41, 5.74) is 4.78. The van der Waals surface area contributed by atoms with E-state index in [4.69, 9.17) is 10.8 Å². The van der Waals surface area contributed by atoms with Crippen molar-refractivity contribution in [1.82, 2.24) is 0 Å². The number of hydrogen-bond acceptors (Lipinski definition) is 2. The second kappa shape index (κ2) is 9.04. The van der Waals surface area contributed by atoms with Crippen LogP contribution in [0.15, 0.2) is 40.9 Å². The quantitative estimate of drug-likeness (QED) is 0.355. The number of anilines is 1. The monoisotopic (exact) mass is 441 g/mol. The molecule has 0 aromatic heterocycles. The van der Waals surface area contributed by atoms with Crippen molar-refractivity contribution in [2.24, 2.45) is 5.41 Å². The highest BCUT2D eigenvalue weighted by Crippen LogP contribution is 2.32. The third-order valence-electron chi connectivity index (χ3n) is 5.28. The van der Waals surface area contributed by atoms with Crippen LogP contribution in [0.5, 0.6) is 0 Å². The smallest absolute Gasteiger partial charge is 0.138 e. The number of unbranched alkanes of at least 4 members (excludes halogenated alkanes) is 1. The van der Waals surface area contributed by atoms with Gasteiger partial charge in [-0.25, -0.2) is 0 Å². The number of nitrogens with zero attached hydrogens (tertiary/aromatic N) is 1. The van der Waals surface area contributed by atoms with Crippen molar-refractivity contribution in [3.63, 3.8) is 0 Å². The van der Waals surface area contributed by atoms with Crippen LogP contribution in [-0.2, 0) is 0 Å². The molecule has 28 heavy (non-hydrogen) atoms. The van der Waals surface area contributed by atoms with E-state index in [2.05, 4.69) is 62.7 Å². The van der Waals surface area contributed by atoms with Crippen molar-refractivity contribution in [3.8, 4) is 0 Å². The Balaban J connectivity index is 2.56. The van der Waals surface area contributed by atoms with E-state index in [1.807, 2.05) is 36.1 Å². The summed E-state index contributed by atoms with van der Waals surface area (Å²) in [6, 6.07) is 12.2. The Morgan fingerprint density at radius 2 is 1.68 bits per heavy atom. The van der Waals surface area contributed by atoms with Gasteiger partial charge >= 0.3 is 0 Å². The molecule has 2 rings (SSSR count). The van der Waals surface area contributed by atoms with Crippen molar-refractivity contribution >= 4 is 33.3 Å². The Kier molecular flexibility index (Phi) is 7.22. The van der Waals surface area contributed by atoms with Gasteiger partial charge in [0.25, 0.3) is 0 Å². The Bertz CT molecular complexity index is 883. The van der Waals surface area contributed by atoms with Crippen LogP contribution in [-0.4, -0.2) is 11.7 Å². The van der Waals surface area contributed by atoms with Gasteiger partial charge in [0.05, 0.1) is 5.69 Å². The molecule has 0 spiro atoms. The summed E-state index contributed by atoms with van der Waals surface area (Å²) in [4.78, 5) is 1.82. The molecular formula is C24H32BrN3. The first kappa shape index (κ1) is 22.4. The lowest BCUT2D eigenvalue weighted by molar-refractivity contribution is 0.447. The van der Waals surface area contributed by atoms with Crippen LogP contribution in [0.25, 0.3) is 0 Å². The average Bonchev–Trinajstić information content (AvgIpc) is 2.64. The van der Waals surface area contributed by atoms with Crippen LogP contribution in [0.1, 0.15) is 62.3 Å². The van der Waals surface area contributed by atoms with Crippen molar-refractivity contribution in [2.75, 3.05) is 4.90 Å². The normalized spacial score (nSPS) is 11.4. The van der Waals surface area contributed by atoms with E-state index in [9.17, 15) is 0 Å². The molecule has 0 saturated carbocycles. The fourth-order valence-corrected chi connectivity index (χ4v) is 3.70. The van der Waals surface area contributed by atoms with E-state index in [0.29, 0.717) is 11.7 Å². The zero-order valence-electron chi connectivity index (χ0n) is 17.9. The predicted octanol–water partition coefficient (Wildman–Crippen LogP) is 7.40. The van der Waals surface area contributed by atoms with Crippen LogP contribution in [0, 0.1) is 37.0 Å². The van der Waals surface area contributed by atoms with Gasteiger partial charge in [-0.3, -0.25) is 15.7 Å². The molecule has 0 aliphatic heterocycles. The molecule has 3 nitrogen and oxygen atoms in total. The van der Waals surface area contributed by atoms with Gasteiger partial charge in [0.1, 0.15) is 11.7 Å². The zero-order chi connectivity index (χ0) is 21.1. The van der Waals surface area contributed by atoms with E-state index < -0.39 is 0 Å². The van der Waals surface area contributed by atoms with Crippen LogP contribution >= 0.6 is 15.9 Å². The lowest BCUT2D eigenvalue weighted by atomic mass is 9.84. The summed E-state index contributed by atoms with van der Waals surface area (Å²) in [5, 5.41) is 18.1. The molecule has 0 radical (unpaired) electrons. The Morgan fingerprint density at radius 3 is 2.25 bits per heavy atom. The minimum absolute atomic E-state index is 0.318. The summed E-state index contributed by atoms with van der Waals surface area (Å²) < 4.78 is 0.979. The fourth-order valence-electron chi connectivity index (χ4n) is 3.32. The third kappa shape index (κ3) is 4.91. The van der Waals surface area contributed by atoms with E-state index in [1.54, 1.807) is 0 Å². The van der Waals surface area contributed by atoms with Gasteiger partial charge < -0.3 is 0 Å². The van der Waals surface area contributed by atoms with Gasteiger partial charge in [0, 0.05) is 15.5 Å². The summed E-state index contributed by atoms with van der Waals surface area (Å²) in [7, 11) is 0. The molecule has 0 amide bonds. The maximum Gasteiger partial charge on any atom is 0.138 e. The van der Waals surface area contributed by atoms with Gasteiger partial charge in [0.2, 0.25) is 0 Å². The first-order valence-electron chi connectivity index (χ1n) is 9.90. The molecule has 0 heterocycles. The largest absolute Gasteiger partial charge is 0.287 e.